The Morgan fingerprint density at radius 2 is 1.08 bits per heavy atom. The van der Waals surface area contributed by atoms with Gasteiger partial charge in [-0.2, -0.15) is 0 Å². The van der Waals surface area contributed by atoms with Gasteiger partial charge in [-0.15, -0.1) is 0 Å². The molecule has 1 saturated carbocycles. The Hall–Kier alpha value is 2.54. The molecular weight excluding hydrogens is 782 g/mol. The molecule has 1 aliphatic carbocycles. The number of phosphoric ester groups is 2. The first-order chi connectivity index (χ1) is 21.8. The summed E-state index contributed by atoms with van der Waals surface area (Å²) in [5, 5.41) is 31.3. The molecule has 0 radical (unpaired) electrons. The summed E-state index contributed by atoms with van der Waals surface area (Å²) in [4.78, 5) is 78.1. The smallest absolute Gasteiger partial charge is 0.770 e. The van der Waals surface area contributed by atoms with E-state index < -0.39 is 89.5 Å². The average Bonchev–Trinajstić information content (AvgIpc) is 2.96. The van der Waals surface area contributed by atoms with Crippen LogP contribution in [0, 0.1) is 0 Å². The third-order valence-corrected chi connectivity index (χ3v) is 10.9. The van der Waals surface area contributed by atoms with Crippen molar-refractivity contribution < 1.29 is 175 Å². The Morgan fingerprint density at radius 1 is 0.660 bits per heavy atom. The van der Waals surface area contributed by atoms with Crippen LogP contribution >= 0.6 is 33.8 Å². The normalized spacial score (nSPS) is 26.0. The summed E-state index contributed by atoms with van der Waals surface area (Å²) < 4.78 is 59.0. The molecule has 0 aromatic heterocycles. The molecule has 1 aliphatic rings. The minimum atomic E-state index is -5.83. The van der Waals surface area contributed by atoms with Crippen LogP contribution in [0.3, 0.4) is 0 Å². The van der Waals surface area contributed by atoms with Crippen LogP contribution in [0.25, 0.3) is 0 Å². The van der Waals surface area contributed by atoms with Gasteiger partial charge in [0.15, 0.2) is 6.80 Å². The summed E-state index contributed by atoms with van der Waals surface area (Å²) in [6.45, 7) is -1.71. The van der Waals surface area contributed by atoms with Crippen molar-refractivity contribution in [2.24, 2.45) is 0 Å². The maximum Gasteiger partial charge on any atom is 1.00 e. The van der Waals surface area contributed by atoms with E-state index in [2.05, 4.69) is 9.05 Å². The molecule has 0 bridgehead atoms. The van der Waals surface area contributed by atoms with Gasteiger partial charge in [0.1, 0.15) is 49.3 Å². The minimum absolute atomic E-state index is 0. The summed E-state index contributed by atoms with van der Waals surface area (Å²) in [6, 6.07) is 0. The van der Waals surface area contributed by atoms with Gasteiger partial charge in [0.05, 0.1) is 0 Å². The first-order valence-corrected chi connectivity index (χ1v) is 21.4. The van der Waals surface area contributed by atoms with Gasteiger partial charge in [-0.05, 0) is 12.8 Å². The summed E-state index contributed by atoms with van der Waals surface area (Å²) in [7, 11) is -11.6. The van der Waals surface area contributed by atoms with E-state index >= 15 is 0 Å². The van der Waals surface area contributed by atoms with Crippen molar-refractivity contribution in [1.29, 1.82) is 0 Å². The van der Waals surface area contributed by atoms with Gasteiger partial charge in [-0.3, -0.25) is 23.3 Å². The van der Waals surface area contributed by atoms with Crippen molar-refractivity contribution in [3.63, 3.8) is 0 Å². The largest absolute Gasteiger partial charge is 1.00 e. The van der Waals surface area contributed by atoms with Gasteiger partial charge in [-0.25, -0.2) is 0 Å². The van der Waals surface area contributed by atoms with Crippen LogP contribution in [0.4, 0.5) is 0 Å². The van der Waals surface area contributed by atoms with Crippen molar-refractivity contribution in [2.45, 2.75) is 134 Å². The number of phosphoric acid groups is 2. The van der Waals surface area contributed by atoms with Gasteiger partial charge < -0.3 is 62.8 Å². The van der Waals surface area contributed by atoms with Gasteiger partial charge >= 0.3 is 101 Å². The molecule has 50 heavy (non-hydrogen) atoms. The summed E-state index contributed by atoms with van der Waals surface area (Å²) >= 11 is -0.000575. The van der Waals surface area contributed by atoms with Gasteiger partial charge in [0.25, 0.3) is 15.6 Å². The molecule has 0 aromatic rings. The van der Waals surface area contributed by atoms with Gasteiger partial charge in [0, 0.05) is 18.6 Å². The molecule has 0 spiro atoms. The van der Waals surface area contributed by atoms with E-state index in [0.29, 0.717) is 12.8 Å². The molecule has 1 fully saturated rings. The minimum Gasteiger partial charge on any atom is -0.770 e. The van der Waals surface area contributed by atoms with Crippen LogP contribution < -0.4 is 103 Å². The van der Waals surface area contributed by atoms with E-state index in [1.807, 2.05) is 13.8 Å². The molecule has 18 nitrogen and oxygen atoms in total. The number of hydrogen-bond acceptors (Lipinski definition) is 17. The Morgan fingerprint density at radius 3 is 1.54 bits per heavy atom. The zero-order valence-corrected chi connectivity index (χ0v) is 38.7. The van der Waals surface area contributed by atoms with E-state index in [1.165, 1.54) is 0 Å². The van der Waals surface area contributed by atoms with Crippen LogP contribution in [-0.2, 0) is 46.3 Å². The van der Waals surface area contributed by atoms with Crippen molar-refractivity contribution in [2.75, 3.05) is 12.4 Å². The first kappa shape index (κ1) is 56.9. The predicted octanol–water partition coefficient (Wildman–Crippen LogP) is -8.45. The number of ether oxygens (including phenoxy) is 2. The van der Waals surface area contributed by atoms with E-state index in [-0.39, 0.29) is 113 Å². The van der Waals surface area contributed by atoms with E-state index in [4.69, 9.17) is 23.8 Å². The fourth-order valence-corrected chi connectivity index (χ4v) is 8.32. The van der Waals surface area contributed by atoms with Crippen molar-refractivity contribution in [1.82, 2.24) is 0 Å². The fraction of sp³-hybridized carbons (Fsp3) is 0.920. The third kappa shape index (κ3) is 24.9. The molecule has 5 N–H and O–H groups in total. The molecule has 25 heteroatoms. The molecule has 0 saturated heterocycles. The first-order valence-electron chi connectivity index (χ1n) is 15.3. The summed E-state index contributed by atoms with van der Waals surface area (Å²) in [6.07, 6.45) is -7.86. The van der Waals surface area contributed by atoms with Gasteiger partial charge in [-0.1, -0.05) is 76.6 Å². The molecule has 0 heterocycles. The molecule has 0 amide bonds. The van der Waals surface area contributed by atoms with Crippen LogP contribution in [0.2, 0.25) is 0 Å². The standard InChI is InChI=1S/C25H49O18P3S.3Na/c1-3-5-7-9-11-13-18(26)39-15-17(40-19(27)14-12-10-8-6-4-2)16-47-46(37,38)43-23-20(28)21(29)24(41-44(31,32)33)25(22(23)30)42-45(34,35)36;;;/h17,20-25,28-30H,3-16H2,1-2H3,(H,37,38)(H2,31,32,33)(H2,34,35,36);;;/q;3*+1/p-3/t17-,20-,21-,22+,23+,24+,25+;;;/m1.../s1. The van der Waals surface area contributed by atoms with E-state index in [9.17, 15) is 53.3 Å². The topological polar surface area (TPSA) is 302 Å². The maximum absolute atomic E-state index is 12.9. The van der Waals surface area contributed by atoms with Gasteiger partial charge in [0.2, 0.25) is 0 Å². The Bertz CT molecular complexity index is 1100. The molecule has 0 aliphatic heterocycles. The number of aliphatic hydroxyl groups excluding tert-OH is 3. The van der Waals surface area contributed by atoms with E-state index in [1.54, 1.807) is 0 Å². The number of unbranched alkanes of at least 4 members (excludes halogenated alkanes) is 8. The van der Waals surface area contributed by atoms with Crippen molar-refractivity contribution >= 4 is 45.8 Å². The number of carbonyl (C=O) groups excluding carboxylic acids is 2. The zero-order chi connectivity index (χ0) is 35.8. The second kappa shape index (κ2) is 28.9. The second-order valence-electron chi connectivity index (χ2n) is 11.0. The number of rotatable bonds is 24. The fourth-order valence-electron chi connectivity index (χ4n) is 4.56. The van der Waals surface area contributed by atoms with Crippen molar-refractivity contribution in [3.05, 3.63) is 0 Å². The number of hydrogen-bond donors (Lipinski definition) is 5. The number of carbonyl (C=O) groups is 2. The molecular formula is C25H46Na3O18P3S. The average molecular weight is 829 g/mol. The molecule has 1 rings (SSSR count). The molecule has 3 unspecified atom stereocenters. The monoisotopic (exact) mass is 828 g/mol. The number of aliphatic hydroxyl groups is 3. The second-order valence-corrected chi connectivity index (χ2v) is 17.1. The van der Waals surface area contributed by atoms with Crippen molar-refractivity contribution in [3.8, 4) is 0 Å². The Balaban J connectivity index is -0.00000736. The summed E-state index contributed by atoms with van der Waals surface area (Å²) in [5.41, 5.74) is 0. The Labute approximate surface area is 362 Å². The van der Waals surface area contributed by atoms with Crippen LogP contribution in [0.1, 0.15) is 90.9 Å². The zero-order valence-electron chi connectivity index (χ0n) is 29.2. The SMILES string of the molecule is CCCCCCCC(=O)OC[C@H](CSP(=O)([O-])O[C@H]1[C@H](O)[C@@H](O)[C@H](OP(=O)([O-])O)[C@@H](OP(=O)([O-])O)[C@H]1O)OC(=O)CCCCCCC.[Na+].[Na+].[Na+]. The molecule has 10 atom stereocenters. The van der Waals surface area contributed by atoms with Crippen LogP contribution in [0.15, 0.2) is 0 Å². The Kier molecular flexibility index (Phi) is 32.8. The van der Waals surface area contributed by atoms with Crippen LogP contribution in [-0.4, -0.2) is 92.1 Å². The third-order valence-electron chi connectivity index (χ3n) is 6.90. The molecule has 0 aromatic carbocycles. The quantitative estimate of drug-likeness (QED) is 0.0261. The van der Waals surface area contributed by atoms with Crippen LogP contribution in [0.5, 0.6) is 0 Å². The summed E-state index contributed by atoms with van der Waals surface area (Å²) in [5.74, 6) is -1.85. The maximum atomic E-state index is 12.9. The molecule has 278 valence electrons. The van der Waals surface area contributed by atoms with E-state index in [0.717, 1.165) is 51.4 Å². The number of esters is 2. The predicted molar refractivity (Wildman–Crippen MR) is 160 cm³/mol.